The first kappa shape index (κ1) is 8.04. The number of rotatable bonds is 4. The predicted octanol–water partition coefficient (Wildman–Crippen LogP) is 1.22. The largest absolute Gasteiger partial charge is 0.382 e. The molecule has 4 heteroatoms. The summed E-state index contributed by atoms with van der Waals surface area (Å²) in [7, 11) is 0. The van der Waals surface area contributed by atoms with Crippen LogP contribution >= 0.6 is 0 Å². The van der Waals surface area contributed by atoms with Crippen molar-refractivity contribution < 1.29 is 4.39 Å². The van der Waals surface area contributed by atoms with Crippen molar-refractivity contribution in [3.63, 3.8) is 0 Å². The standard InChI is InChI=1S/C7H12FN3/c8-4-1-2-5-11-6-3-7(9)10-11/h3,6H,1-2,4-5H2,(H2,9,10). The lowest BCUT2D eigenvalue weighted by atomic mass is 10.3. The van der Waals surface area contributed by atoms with Gasteiger partial charge in [-0.2, -0.15) is 5.10 Å². The van der Waals surface area contributed by atoms with Crippen LogP contribution in [0.2, 0.25) is 0 Å². The van der Waals surface area contributed by atoms with Crippen molar-refractivity contribution in [2.24, 2.45) is 0 Å². The van der Waals surface area contributed by atoms with Crippen LogP contribution in [-0.4, -0.2) is 16.5 Å². The zero-order valence-corrected chi connectivity index (χ0v) is 6.33. The highest BCUT2D eigenvalue weighted by molar-refractivity contribution is 5.23. The third-order valence-electron chi connectivity index (χ3n) is 1.43. The molecule has 0 bridgehead atoms. The van der Waals surface area contributed by atoms with Gasteiger partial charge in [0.2, 0.25) is 0 Å². The number of hydrogen-bond donors (Lipinski definition) is 1. The highest BCUT2D eigenvalue weighted by Gasteiger charge is 1.93. The van der Waals surface area contributed by atoms with Gasteiger partial charge in [-0.15, -0.1) is 0 Å². The summed E-state index contributed by atoms with van der Waals surface area (Å²) in [5, 5.41) is 3.95. The first-order valence-corrected chi connectivity index (χ1v) is 3.68. The van der Waals surface area contributed by atoms with Crippen molar-refractivity contribution in [3.05, 3.63) is 12.3 Å². The molecule has 0 unspecified atom stereocenters. The zero-order valence-electron chi connectivity index (χ0n) is 6.33. The molecule has 1 heterocycles. The van der Waals surface area contributed by atoms with Gasteiger partial charge in [0, 0.05) is 12.7 Å². The number of nitrogens with zero attached hydrogens (tertiary/aromatic N) is 2. The van der Waals surface area contributed by atoms with Crippen LogP contribution in [0, 0.1) is 0 Å². The molecule has 1 aromatic heterocycles. The Balaban J connectivity index is 2.27. The van der Waals surface area contributed by atoms with Crippen LogP contribution in [0.15, 0.2) is 12.3 Å². The summed E-state index contributed by atoms with van der Waals surface area (Å²) in [6.07, 6.45) is 3.21. The monoisotopic (exact) mass is 157 g/mol. The van der Waals surface area contributed by atoms with E-state index in [4.69, 9.17) is 5.73 Å². The van der Waals surface area contributed by atoms with E-state index in [2.05, 4.69) is 5.10 Å². The number of aromatic nitrogens is 2. The first-order chi connectivity index (χ1) is 5.33. The summed E-state index contributed by atoms with van der Waals surface area (Å²) in [5.41, 5.74) is 5.38. The van der Waals surface area contributed by atoms with E-state index in [-0.39, 0.29) is 6.67 Å². The van der Waals surface area contributed by atoms with Gasteiger partial charge in [0.15, 0.2) is 0 Å². The van der Waals surface area contributed by atoms with Gasteiger partial charge < -0.3 is 5.73 Å². The van der Waals surface area contributed by atoms with E-state index in [1.54, 1.807) is 16.9 Å². The fraction of sp³-hybridized carbons (Fsp3) is 0.571. The van der Waals surface area contributed by atoms with E-state index < -0.39 is 0 Å². The molecular weight excluding hydrogens is 145 g/mol. The van der Waals surface area contributed by atoms with Crippen LogP contribution in [0.25, 0.3) is 0 Å². The average molecular weight is 157 g/mol. The van der Waals surface area contributed by atoms with Crippen LogP contribution in [0.3, 0.4) is 0 Å². The number of alkyl halides is 1. The summed E-state index contributed by atoms with van der Waals surface area (Å²) >= 11 is 0. The SMILES string of the molecule is Nc1ccn(CCCCF)n1. The average Bonchev–Trinajstić information content (AvgIpc) is 2.37. The number of unbranched alkanes of at least 4 members (excludes halogenated alkanes) is 1. The quantitative estimate of drug-likeness (QED) is 0.668. The normalized spacial score (nSPS) is 10.3. The third kappa shape index (κ3) is 2.57. The smallest absolute Gasteiger partial charge is 0.145 e. The Morgan fingerprint density at radius 2 is 2.36 bits per heavy atom. The van der Waals surface area contributed by atoms with Crippen LogP contribution in [0.4, 0.5) is 10.2 Å². The van der Waals surface area contributed by atoms with Crippen molar-refractivity contribution >= 4 is 5.82 Å². The molecule has 1 rings (SSSR count). The lowest BCUT2D eigenvalue weighted by Crippen LogP contribution is -1.99. The highest BCUT2D eigenvalue weighted by Crippen LogP contribution is 1.98. The van der Waals surface area contributed by atoms with Gasteiger partial charge >= 0.3 is 0 Å². The van der Waals surface area contributed by atoms with E-state index in [0.29, 0.717) is 12.2 Å². The second-order valence-electron chi connectivity index (χ2n) is 2.40. The molecule has 11 heavy (non-hydrogen) atoms. The van der Waals surface area contributed by atoms with Crippen LogP contribution in [0.1, 0.15) is 12.8 Å². The fourth-order valence-electron chi connectivity index (χ4n) is 0.870. The Hall–Kier alpha value is -1.06. The minimum atomic E-state index is -0.253. The van der Waals surface area contributed by atoms with Crippen molar-refractivity contribution in [1.82, 2.24) is 9.78 Å². The van der Waals surface area contributed by atoms with Crippen molar-refractivity contribution in [3.8, 4) is 0 Å². The molecule has 1 aromatic rings. The second kappa shape index (κ2) is 3.95. The molecule has 2 N–H and O–H groups in total. The minimum absolute atomic E-state index is 0.253. The summed E-state index contributed by atoms with van der Waals surface area (Å²) in [6.45, 7) is 0.498. The lowest BCUT2D eigenvalue weighted by molar-refractivity contribution is 0.440. The highest BCUT2D eigenvalue weighted by atomic mass is 19.1. The molecule has 0 saturated carbocycles. The van der Waals surface area contributed by atoms with Gasteiger partial charge in [-0.1, -0.05) is 0 Å². The zero-order chi connectivity index (χ0) is 8.10. The number of nitrogens with two attached hydrogens (primary N) is 1. The third-order valence-corrected chi connectivity index (χ3v) is 1.43. The van der Waals surface area contributed by atoms with Gasteiger partial charge in [-0.25, -0.2) is 0 Å². The molecule has 0 saturated heterocycles. The van der Waals surface area contributed by atoms with Gasteiger partial charge in [0.25, 0.3) is 0 Å². The summed E-state index contributed by atoms with van der Waals surface area (Å²) in [6, 6.07) is 1.73. The fourth-order valence-corrected chi connectivity index (χ4v) is 0.870. The molecule has 3 nitrogen and oxygen atoms in total. The molecular formula is C7H12FN3. The molecule has 0 aliphatic rings. The Kier molecular flexibility index (Phi) is 2.89. The minimum Gasteiger partial charge on any atom is -0.382 e. The molecule has 0 amide bonds. The number of nitrogen functional groups attached to an aromatic ring is 1. The molecule has 0 aromatic carbocycles. The number of aryl methyl sites for hydroxylation is 1. The Morgan fingerprint density at radius 3 is 2.91 bits per heavy atom. The molecule has 62 valence electrons. The molecule has 0 atom stereocenters. The molecule has 0 aliphatic heterocycles. The maximum Gasteiger partial charge on any atom is 0.145 e. The van der Waals surface area contributed by atoms with Gasteiger partial charge in [-0.3, -0.25) is 9.07 Å². The van der Waals surface area contributed by atoms with E-state index in [1.807, 2.05) is 0 Å². The van der Waals surface area contributed by atoms with E-state index >= 15 is 0 Å². The Bertz CT molecular complexity index is 209. The molecule has 0 spiro atoms. The molecule has 0 fully saturated rings. The van der Waals surface area contributed by atoms with E-state index in [1.165, 1.54) is 0 Å². The maximum absolute atomic E-state index is 11.6. The molecule has 0 aliphatic carbocycles. The number of hydrogen-bond acceptors (Lipinski definition) is 2. The summed E-state index contributed by atoms with van der Waals surface area (Å²) < 4.78 is 13.4. The van der Waals surface area contributed by atoms with E-state index in [9.17, 15) is 4.39 Å². The van der Waals surface area contributed by atoms with Crippen LogP contribution in [-0.2, 0) is 6.54 Å². The topological polar surface area (TPSA) is 43.8 Å². The van der Waals surface area contributed by atoms with Crippen molar-refractivity contribution in [2.45, 2.75) is 19.4 Å². The van der Waals surface area contributed by atoms with Crippen LogP contribution < -0.4 is 5.73 Å². The Morgan fingerprint density at radius 1 is 1.55 bits per heavy atom. The summed E-state index contributed by atoms with van der Waals surface area (Å²) in [4.78, 5) is 0. The van der Waals surface area contributed by atoms with Gasteiger partial charge in [0.1, 0.15) is 5.82 Å². The maximum atomic E-state index is 11.6. The van der Waals surface area contributed by atoms with Gasteiger partial charge in [0.05, 0.1) is 6.67 Å². The Labute approximate surface area is 65.0 Å². The summed E-state index contributed by atoms with van der Waals surface area (Å²) in [5.74, 6) is 0.519. The van der Waals surface area contributed by atoms with Crippen molar-refractivity contribution in [1.29, 1.82) is 0 Å². The van der Waals surface area contributed by atoms with Crippen LogP contribution in [0.5, 0.6) is 0 Å². The second-order valence-corrected chi connectivity index (χ2v) is 2.40. The van der Waals surface area contributed by atoms with Gasteiger partial charge in [-0.05, 0) is 18.9 Å². The lowest BCUT2D eigenvalue weighted by Gasteiger charge is -1.97. The van der Waals surface area contributed by atoms with E-state index in [0.717, 1.165) is 13.0 Å². The first-order valence-electron chi connectivity index (χ1n) is 3.68. The van der Waals surface area contributed by atoms with Crippen molar-refractivity contribution in [2.75, 3.05) is 12.4 Å². The predicted molar refractivity (Wildman–Crippen MR) is 41.8 cm³/mol. The number of halogens is 1. The number of anilines is 1. The molecule has 0 radical (unpaired) electrons.